The molecular weight excluding hydrogens is 364 g/mol. The minimum Gasteiger partial charge on any atom is -0.429 e. The Labute approximate surface area is 165 Å². The number of hydrogen-bond donors (Lipinski definition) is 0. The molecule has 3 fully saturated rings. The van der Waals surface area contributed by atoms with Crippen LogP contribution in [0.4, 0.5) is 9.59 Å². The summed E-state index contributed by atoms with van der Waals surface area (Å²) in [7, 11) is 0. The zero-order valence-electron chi connectivity index (χ0n) is 17.3. The van der Waals surface area contributed by atoms with Crippen molar-refractivity contribution in [1.82, 2.24) is 0 Å². The van der Waals surface area contributed by atoms with Gasteiger partial charge in [-0.25, -0.2) is 9.59 Å². The second-order valence-corrected chi connectivity index (χ2v) is 10.3. The van der Waals surface area contributed by atoms with Crippen molar-refractivity contribution in [2.45, 2.75) is 83.6 Å². The SMILES string of the molecule is CC(C)(C)OC(=O)OC1C(OC(=O)OC(C)(C)C)C2OC1C1C3C=CC(C3)C21. The Bertz CT molecular complexity index is 630. The predicted octanol–water partition coefficient (Wildman–Crippen LogP) is 3.85. The van der Waals surface area contributed by atoms with E-state index in [-0.39, 0.29) is 24.0 Å². The minimum atomic E-state index is -0.776. The lowest BCUT2D eigenvalue weighted by Crippen LogP contribution is -2.52. The molecule has 0 amide bonds. The summed E-state index contributed by atoms with van der Waals surface area (Å²) in [5.74, 6) is 1.42. The Kier molecular flexibility index (Phi) is 4.45. The Hall–Kier alpha value is -1.76. The standard InChI is InChI=1S/C21H30O7/c1-20(2,3)27-18(22)25-16-14-12-10-7-8-11(9-10)13(12)15(24-14)17(16)26-19(23)28-21(4,5)6/h7-8,10-17H,9H2,1-6H3. The molecule has 0 radical (unpaired) electrons. The Balaban J connectivity index is 1.52. The third-order valence-corrected chi connectivity index (χ3v) is 5.87. The Morgan fingerprint density at radius 3 is 1.54 bits per heavy atom. The van der Waals surface area contributed by atoms with Crippen LogP contribution < -0.4 is 0 Å². The second-order valence-electron chi connectivity index (χ2n) is 10.3. The number of carbonyl (C=O) groups is 2. The molecule has 2 aliphatic carbocycles. The van der Waals surface area contributed by atoms with E-state index in [1.54, 1.807) is 41.5 Å². The van der Waals surface area contributed by atoms with E-state index < -0.39 is 35.7 Å². The first-order valence-electron chi connectivity index (χ1n) is 10.1. The van der Waals surface area contributed by atoms with Gasteiger partial charge in [-0.2, -0.15) is 0 Å². The van der Waals surface area contributed by atoms with E-state index in [4.69, 9.17) is 23.7 Å². The van der Waals surface area contributed by atoms with Crippen LogP contribution in [0.1, 0.15) is 48.0 Å². The summed E-state index contributed by atoms with van der Waals surface area (Å²) in [4.78, 5) is 24.6. The van der Waals surface area contributed by atoms with Crippen LogP contribution in [-0.2, 0) is 23.7 Å². The third kappa shape index (κ3) is 3.49. The van der Waals surface area contributed by atoms with Crippen LogP contribution >= 0.6 is 0 Å². The molecule has 8 unspecified atom stereocenters. The van der Waals surface area contributed by atoms with Crippen LogP contribution in [0.25, 0.3) is 0 Å². The van der Waals surface area contributed by atoms with Gasteiger partial charge in [-0.05, 0) is 59.8 Å². The average Bonchev–Trinajstić information content (AvgIpc) is 3.22. The monoisotopic (exact) mass is 394 g/mol. The third-order valence-electron chi connectivity index (χ3n) is 5.87. The molecule has 156 valence electrons. The lowest BCUT2D eigenvalue weighted by molar-refractivity contribution is -0.0991. The van der Waals surface area contributed by atoms with Crippen LogP contribution in [0, 0.1) is 23.7 Å². The summed E-state index contributed by atoms with van der Waals surface area (Å²) in [6.45, 7) is 10.6. The van der Waals surface area contributed by atoms with E-state index in [1.807, 2.05) is 0 Å². The van der Waals surface area contributed by atoms with Gasteiger partial charge in [0.1, 0.15) is 23.4 Å². The van der Waals surface area contributed by atoms with Crippen molar-refractivity contribution in [3.05, 3.63) is 12.2 Å². The summed E-state index contributed by atoms with van der Waals surface area (Å²) >= 11 is 0. The molecule has 7 heteroatoms. The first kappa shape index (κ1) is 19.6. The zero-order valence-corrected chi connectivity index (χ0v) is 17.3. The highest BCUT2D eigenvalue weighted by atomic mass is 16.8. The van der Waals surface area contributed by atoms with Gasteiger partial charge in [-0.15, -0.1) is 0 Å². The van der Waals surface area contributed by atoms with Crippen LogP contribution in [0.2, 0.25) is 0 Å². The van der Waals surface area contributed by atoms with Gasteiger partial charge in [0.2, 0.25) is 0 Å². The molecule has 8 atom stereocenters. The van der Waals surface area contributed by atoms with Crippen molar-refractivity contribution in [3.63, 3.8) is 0 Å². The molecule has 0 spiro atoms. The van der Waals surface area contributed by atoms with E-state index >= 15 is 0 Å². The largest absolute Gasteiger partial charge is 0.509 e. The first-order chi connectivity index (χ1) is 12.9. The average molecular weight is 394 g/mol. The molecular formula is C21H30O7. The second kappa shape index (κ2) is 6.37. The summed E-state index contributed by atoms with van der Waals surface area (Å²) in [6.07, 6.45) is 2.04. The van der Waals surface area contributed by atoms with E-state index in [0.717, 1.165) is 6.42 Å². The number of ether oxygens (including phenoxy) is 5. The fourth-order valence-electron chi connectivity index (χ4n) is 5.19. The predicted molar refractivity (Wildman–Crippen MR) is 98.6 cm³/mol. The summed E-state index contributed by atoms with van der Waals surface area (Å²) in [6, 6.07) is 0. The van der Waals surface area contributed by atoms with Crippen molar-refractivity contribution >= 4 is 12.3 Å². The molecule has 4 aliphatic rings. The van der Waals surface area contributed by atoms with Crippen molar-refractivity contribution in [1.29, 1.82) is 0 Å². The molecule has 4 rings (SSSR count). The maximum Gasteiger partial charge on any atom is 0.509 e. The van der Waals surface area contributed by atoms with E-state index in [2.05, 4.69) is 12.2 Å². The van der Waals surface area contributed by atoms with E-state index in [1.165, 1.54) is 0 Å². The van der Waals surface area contributed by atoms with E-state index in [0.29, 0.717) is 11.8 Å². The van der Waals surface area contributed by atoms with Crippen LogP contribution in [-0.4, -0.2) is 47.9 Å². The highest BCUT2D eigenvalue weighted by Crippen LogP contribution is 2.61. The first-order valence-corrected chi connectivity index (χ1v) is 10.1. The number of rotatable bonds is 2. The normalized spacial score (nSPS) is 40.4. The van der Waals surface area contributed by atoms with Gasteiger partial charge in [0, 0.05) is 11.8 Å². The maximum atomic E-state index is 12.3. The number of allylic oxidation sites excluding steroid dienone is 2. The summed E-state index contributed by atoms with van der Waals surface area (Å²) in [5.41, 5.74) is -1.34. The van der Waals surface area contributed by atoms with Gasteiger partial charge in [-0.1, -0.05) is 12.2 Å². The van der Waals surface area contributed by atoms with Crippen molar-refractivity contribution in [3.8, 4) is 0 Å². The fourth-order valence-corrected chi connectivity index (χ4v) is 5.19. The highest BCUT2D eigenvalue weighted by molar-refractivity contribution is 5.62. The Morgan fingerprint density at radius 1 is 0.786 bits per heavy atom. The molecule has 7 nitrogen and oxygen atoms in total. The molecule has 0 aromatic carbocycles. The molecule has 1 saturated carbocycles. The maximum absolute atomic E-state index is 12.3. The van der Waals surface area contributed by atoms with Gasteiger partial charge in [0.05, 0.1) is 0 Å². The molecule has 2 saturated heterocycles. The summed E-state index contributed by atoms with van der Waals surface area (Å²) in [5, 5.41) is 0. The molecule has 4 bridgehead atoms. The van der Waals surface area contributed by atoms with Gasteiger partial charge in [-0.3, -0.25) is 0 Å². The quantitative estimate of drug-likeness (QED) is 0.520. The van der Waals surface area contributed by atoms with Crippen molar-refractivity contribution in [2.75, 3.05) is 0 Å². The van der Waals surface area contributed by atoms with Crippen molar-refractivity contribution < 1.29 is 33.3 Å². The highest BCUT2D eigenvalue weighted by Gasteiger charge is 2.69. The Morgan fingerprint density at radius 2 is 1.18 bits per heavy atom. The molecule has 2 heterocycles. The number of hydrogen-bond acceptors (Lipinski definition) is 7. The molecule has 0 aromatic heterocycles. The van der Waals surface area contributed by atoms with E-state index in [9.17, 15) is 9.59 Å². The van der Waals surface area contributed by atoms with Gasteiger partial charge >= 0.3 is 12.3 Å². The van der Waals surface area contributed by atoms with Crippen molar-refractivity contribution in [2.24, 2.45) is 23.7 Å². The topological polar surface area (TPSA) is 80.3 Å². The molecule has 0 aromatic rings. The van der Waals surface area contributed by atoms with Crippen LogP contribution in [0.5, 0.6) is 0 Å². The fraction of sp³-hybridized carbons (Fsp3) is 0.810. The molecule has 0 N–H and O–H groups in total. The lowest BCUT2D eigenvalue weighted by Gasteiger charge is -2.37. The number of fused-ring (bicyclic) bond motifs is 9. The van der Waals surface area contributed by atoms with Gasteiger partial charge < -0.3 is 23.7 Å². The van der Waals surface area contributed by atoms with Crippen LogP contribution in [0.3, 0.4) is 0 Å². The zero-order chi connectivity index (χ0) is 20.4. The minimum absolute atomic E-state index is 0.283. The number of carbonyl (C=O) groups excluding carboxylic acids is 2. The lowest BCUT2D eigenvalue weighted by atomic mass is 9.71. The molecule has 28 heavy (non-hydrogen) atoms. The van der Waals surface area contributed by atoms with Crippen LogP contribution in [0.15, 0.2) is 12.2 Å². The van der Waals surface area contributed by atoms with Gasteiger partial charge in [0.25, 0.3) is 0 Å². The summed E-state index contributed by atoms with van der Waals surface area (Å²) < 4.78 is 28.1. The molecule has 2 aliphatic heterocycles. The smallest absolute Gasteiger partial charge is 0.429 e. The van der Waals surface area contributed by atoms with Gasteiger partial charge in [0.15, 0.2) is 12.2 Å².